The molecule has 0 unspecified atom stereocenters. The van der Waals surface area contributed by atoms with E-state index in [-0.39, 0.29) is 24.1 Å². The molecular weight excluding hydrogens is 521 g/mol. The first kappa shape index (κ1) is 27.0. The van der Waals surface area contributed by atoms with E-state index in [1.807, 2.05) is 6.07 Å². The number of alkyl halides is 2. The summed E-state index contributed by atoms with van der Waals surface area (Å²) in [6.07, 6.45) is -1.75. The molecule has 204 valence electrons. The van der Waals surface area contributed by atoms with Gasteiger partial charge in [0.1, 0.15) is 23.5 Å². The molecule has 0 bridgehead atoms. The molecule has 5 rings (SSSR count). The largest absolute Gasteiger partial charge is 0.471 e. The number of hydrogen-bond acceptors (Lipinski definition) is 8. The molecule has 4 aromatic rings. The van der Waals surface area contributed by atoms with Gasteiger partial charge in [0.2, 0.25) is 11.8 Å². The predicted octanol–water partition coefficient (Wildman–Crippen LogP) is 5.72. The topological polar surface area (TPSA) is 120 Å². The molecule has 1 fully saturated rings. The average Bonchev–Trinajstić information content (AvgIpc) is 2.96. The van der Waals surface area contributed by atoms with Gasteiger partial charge in [0.15, 0.2) is 0 Å². The van der Waals surface area contributed by atoms with Gasteiger partial charge < -0.3 is 15.2 Å². The van der Waals surface area contributed by atoms with Crippen LogP contribution in [-0.4, -0.2) is 33.1 Å². The Balaban J connectivity index is 1.58. The van der Waals surface area contributed by atoms with E-state index >= 15 is 0 Å². The number of anilines is 1. The van der Waals surface area contributed by atoms with Crippen LogP contribution in [0.5, 0.6) is 5.88 Å². The summed E-state index contributed by atoms with van der Waals surface area (Å²) in [5.74, 6) is -0.537. The summed E-state index contributed by atoms with van der Waals surface area (Å²) in [5.41, 5.74) is 7.77. The fraction of sp³-hybridized carbons (Fsp3) is 0.276. The third kappa shape index (κ3) is 5.58. The number of aromatic nitrogens is 4. The Morgan fingerprint density at radius 2 is 1.77 bits per heavy atom. The lowest BCUT2D eigenvalue weighted by molar-refractivity contribution is 0.0662. The lowest BCUT2D eigenvalue weighted by Crippen LogP contribution is -2.33. The Hall–Kier alpha value is -4.56. The van der Waals surface area contributed by atoms with E-state index in [0.29, 0.717) is 59.8 Å². The van der Waals surface area contributed by atoms with Crippen molar-refractivity contribution < 1.29 is 22.6 Å². The Bertz CT molecular complexity index is 1570. The van der Waals surface area contributed by atoms with Crippen molar-refractivity contribution in [2.45, 2.75) is 38.2 Å². The van der Waals surface area contributed by atoms with Gasteiger partial charge in [-0.25, -0.2) is 18.2 Å². The first-order valence-electron chi connectivity index (χ1n) is 12.6. The van der Waals surface area contributed by atoms with Crippen LogP contribution >= 0.6 is 0 Å². The highest BCUT2D eigenvalue weighted by Gasteiger charge is 2.36. The molecule has 1 aliphatic heterocycles. The summed E-state index contributed by atoms with van der Waals surface area (Å²) in [7, 11) is 0. The molecule has 11 heteroatoms. The maximum atomic E-state index is 13.7. The zero-order valence-electron chi connectivity index (χ0n) is 21.6. The van der Waals surface area contributed by atoms with Gasteiger partial charge in [0, 0.05) is 24.5 Å². The number of hydrogen-bond donors (Lipinski definition) is 1. The van der Waals surface area contributed by atoms with Crippen molar-refractivity contribution in [3.05, 3.63) is 83.2 Å². The highest BCUT2D eigenvalue weighted by atomic mass is 19.3. The third-order valence-corrected chi connectivity index (χ3v) is 6.71. The highest BCUT2D eigenvalue weighted by Crippen LogP contribution is 2.39. The summed E-state index contributed by atoms with van der Waals surface area (Å²) < 4.78 is 52.6. The normalized spacial score (nSPS) is 14.6. The SMILES string of the molecule is Cc1cc(-c2c(OCc3cccc(C4(C#N)CCOCC4)n3)nc(N)nc2-c2ccc(F)cc2)cc(C(F)F)n1. The zero-order chi connectivity index (χ0) is 28.3. The minimum atomic E-state index is -2.81. The molecule has 0 radical (unpaired) electrons. The Morgan fingerprint density at radius 3 is 2.48 bits per heavy atom. The molecule has 0 saturated carbocycles. The van der Waals surface area contributed by atoms with Crippen LogP contribution in [0.2, 0.25) is 0 Å². The Kier molecular flexibility index (Phi) is 7.62. The lowest BCUT2D eigenvalue weighted by Gasteiger charge is -2.30. The summed E-state index contributed by atoms with van der Waals surface area (Å²) in [5, 5.41) is 9.94. The number of rotatable bonds is 7. The van der Waals surface area contributed by atoms with Crippen LogP contribution in [0.1, 0.15) is 42.0 Å². The number of nitrogen functional groups attached to an aromatic ring is 1. The first-order chi connectivity index (χ1) is 19.3. The van der Waals surface area contributed by atoms with Gasteiger partial charge in [0.25, 0.3) is 6.43 Å². The van der Waals surface area contributed by atoms with E-state index in [1.165, 1.54) is 30.3 Å². The quantitative estimate of drug-likeness (QED) is 0.313. The molecule has 0 atom stereocenters. The van der Waals surface area contributed by atoms with Gasteiger partial charge in [-0.3, -0.25) is 9.97 Å². The van der Waals surface area contributed by atoms with Crippen molar-refractivity contribution in [3.8, 4) is 34.3 Å². The number of nitrogens with two attached hydrogens (primary N) is 1. The fourth-order valence-electron chi connectivity index (χ4n) is 4.70. The minimum absolute atomic E-state index is 0.0332. The standard InChI is InChI=1S/C29H25F3N6O2/c1-17-13-19(14-22(35-17)26(31)32)24-25(18-5-7-20(30)8-6-18)37-28(34)38-27(24)40-15-21-3-2-4-23(36-21)29(16-33)9-11-39-12-10-29/h2-8,13-14,26H,9-12,15H2,1H3,(H2,34,37,38). The molecule has 2 N–H and O–H groups in total. The minimum Gasteiger partial charge on any atom is -0.471 e. The van der Waals surface area contributed by atoms with Crippen molar-refractivity contribution in [2.24, 2.45) is 0 Å². The molecule has 0 aliphatic carbocycles. The van der Waals surface area contributed by atoms with Gasteiger partial charge >= 0.3 is 0 Å². The maximum absolute atomic E-state index is 13.7. The van der Waals surface area contributed by atoms with Crippen molar-refractivity contribution in [3.63, 3.8) is 0 Å². The first-order valence-corrected chi connectivity index (χ1v) is 12.6. The number of pyridine rings is 2. The smallest absolute Gasteiger partial charge is 0.280 e. The van der Waals surface area contributed by atoms with Crippen LogP contribution in [0.25, 0.3) is 22.4 Å². The van der Waals surface area contributed by atoms with Crippen molar-refractivity contribution in [1.29, 1.82) is 5.26 Å². The average molecular weight is 547 g/mol. The van der Waals surface area contributed by atoms with Gasteiger partial charge in [-0.2, -0.15) is 10.2 Å². The summed E-state index contributed by atoms with van der Waals surface area (Å²) in [6, 6.07) is 16.2. The van der Waals surface area contributed by atoms with E-state index in [2.05, 4.69) is 21.0 Å². The molecule has 1 aliphatic rings. The number of nitriles is 1. The van der Waals surface area contributed by atoms with E-state index in [4.69, 9.17) is 20.2 Å². The van der Waals surface area contributed by atoms with Crippen LogP contribution in [0, 0.1) is 24.1 Å². The molecule has 0 spiro atoms. The Morgan fingerprint density at radius 1 is 1.02 bits per heavy atom. The monoisotopic (exact) mass is 546 g/mol. The zero-order valence-corrected chi connectivity index (χ0v) is 21.6. The molecule has 3 aromatic heterocycles. The Labute approximate surface area is 228 Å². The fourth-order valence-corrected chi connectivity index (χ4v) is 4.70. The second-order valence-electron chi connectivity index (χ2n) is 9.45. The third-order valence-electron chi connectivity index (χ3n) is 6.71. The summed E-state index contributed by atoms with van der Waals surface area (Å²) in [4.78, 5) is 17.3. The molecule has 1 aromatic carbocycles. The maximum Gasteiger partial charge on any atom is 0.280 e. The van der Waals surface area contributed by atoms with Crippen LogP contribution in [0.4, 0.5) is 19.1 Å². The van der Waals surface area contributed by atoms with Crippen LogP contribution in [-0.2, 0) is 16.8 Å². The van der Waals surface area contributed by atoms with E-state index in [0.717, 1.165) is 0 Å². The highest BCUT2D eigenvalue weighted by molar-refractivity contribution is 5.85. The molecular formula is C29H25F3N6O2. The van der Waals surface area contributed by atoms with Crippen molar-refractivity contribution in [2.75, 3.05) is 18.9 Å². The number of ether oxygens (including phenoxy) is 2. The molecule has 8 nitrogen and oxygen atoms in total. The van der Waals surface area contributed by atoms with Gasteiger partial charge in [-0.1, -0.05) is 6.07 Å². The van der Waals surface area contributed by atoms with Crippen LogP contribution < -0.4 is 10.5 Å². The van der Waals surface area contributed by atoms with Crippen molar-refractivity contribution in [1.82, 2.24) is 19.9 Å². The van der Waals surface area contributed by atoms with Gasteiger partial charge in [-0.05, 0) is 73.9 Å². The second-order valence-corrected chi connectivity index (χ2v) is 9.45. The molecule has 4 heterocycles. The number of benzene rings is 1. The molecule has 1 saturated heterocycles. The van der Waals surface area contributed by atoms with Crippen LogP contribution in [0.3, 0.4) is 0 Å². The number of halogens is 3. The van der Waals surface area contributed by atoms with E-state index in [9.17, 15) is 18.4 Å². The van der Waals surface area contributed by atoms with Gasteiger partial charge in [0.05, 0.1) is 28.7 Å². The number of nitrogens with zero attached hydrogens (tertiary/aromatic N) is 5. The summed E-state index contributed by atoms with van der Waals surface area (Å²) >= 11 is 0. The van der Waals surface area contributed by atoms with Gasteiger partial charge in [-0.15, -0.1) is 0 Å². The van der Waals surface area contributed by atoms with Crippen LogP contribution in [0.15, 0.2) is 54.6 Å². The molecule has 0 amide bonds. The van der Waals surface area contributed by atoms with Crippen molar-refractivity contribution >= 4 is 5.95 Å². The van der Waals surface area contributed by atoms with E-state index < -0.39 is 23.4 Å². The summed E-state index contributed by atoms with van der Waals surface area (Å²) in [6.45, 7) is 2.49. The lowest BCUT2D eigenvalue weighted by atomic mass is 9.78. The van der Waals surface area contributed by atoms with E-state index in [1.54, 1.807) is 25.1 Å². The second kappa shape index (κ2) is 11.3. The molecule has 40 heavy (non-hydrogen) atoms. The number of aryl methyl sites for hydroxylation is 1. The predicted molar refractivity (Wildman–Crippen MR) is 141 cm³/mol.